The molecule has 0 radical (unpaired) electrons. The van der Waals surface area contributed by atoms with Crippen LogP contribution in [0.3, 0.4) is 0 Å². The highest BCUT2D eigenvalue weighted by molar-refractivity contribution is 6.07. The van der Waals surface area contributed by atoms with E-state index in [4.69, 9.17) is 10.00 Å². The van der Waals surface area contributed by atoms with Crippen molar-refractivity contribution in [2.45, 2.75) is 0 Å². The summed E-state index contributed by atoms with van der Waals surface area (Å²) in [4.78, 5) is 12.5. The Balaban J connectivity index is 1.98. The number of amides is 1. The molecule has 23 heavy (non-hydrogen) atoms. The smallest absolute Gasteiger partial charge is 0.272 e. The Bertz CT molecular complexity index is 935. The molecule has 0 bridgehead atoms. The summed E-state index contributed by atoms with van der Waals surface area (Å²) < 4.78 is 7.16. The van der Waals surface area contributed by atoms with Gasteiger partial charge in [-0.3, -0.25) is 4.79 Å². The number of aromatic nitrogens is 1. The van der Waals surface area contributed by atoms with Gasteiger partial charge in [-0.25, -0.2) is 0 Å². The number of para-hydroxylation sites is 1. The highest BCUT2D eigenvalue weighted by Crippen LogP contribution is 2.28. The van der Waals surface area contributed by atoms with Gasteiger partial charge in [0.05, 0.1) is 24.3 Å². The van der Waals surface area contributed by atoms with E-state index in [1.165, 1.54) is 0 Å². The van der Waals surface area contributed by atoms with E-state index in [0.717, 1.165) is 16.7 Å². The monoisotopic (exact) mass is 305 g/mol. The number of aryl methyl sites for hydroxylation is 1. The highest BCUT2D eigenvalue weighted by Gasteiger charge is 2.16. The minimum Gasteiger partial charge on any atom is -0.495 e. The van der Waals surface area contributed by atoms with Crippen molar-refractivity contribution in [3.05, 3.63) is 59.8 Å². The van der Waals surface area contributed by atoms with Crippen molar-refractivity contribution in [1.82, 2.24) is 4.57 Å². The second-order valence-electron chi connectivity index (χ2n) is 5.13. The molecule has 0 atom stereocenters. The van der Waals surface area contributed by atoms with Crippen molar-refractivity contribution in [1.29, 1.82) is 5.26 Å². The number of methoxy groups -OCH3 is 1. The Morgan fingerprint density at radius 3 is 2.74 bits per heavy atom. The van der Waals surface area contributed by atoms with Crippen LogP contribution in [0.1, 0.15) is 16.1 Å². The first kappa shape index (κ1) is 14.7. The van der Waals surface area contributed by atoms with Gasteiger partial charge in [0.2, 0.25) is 0 Å². The van der Waals surface area contributed by atoms with Crippen LogP contribution >= 0.6 is 0 Å². The van der Waals surface area contributed by atoms with E-state index in [9.17, 15) is 4.79 Å². The van der Waals surface area contributed by atoms with Gasteiger partial charge in [-0.2, -0.15) is 5.26 Å². The molecule has 2 aromatic carbocycles. The number of nitrogens with zero attached hydrogens (tertiary/aromatic N) is 2. The average molecular weight is 305 g/mol. The Hall–Kier alpha value is -3.26. The molecule has 114 valence electrons. The van der Waals surface area contributed by atoms with Crippen LogP contribution in [0.25, 0.3) is 10.9 Å². The normalized spacial score (nSPS) is 10.3. The van der Waals surface area contributed by atoms with Crippen LogP contribution < -0.4 is 10.1 Å². The fourth-order valence-corrected chi connectivity index (χ4v) is 2.62. The first-order valence-corrected chi connectivity index (χ1v) is 7.08. The maximum atomic E-state index is 12.5. The van der Waals surface area contributed by atoms with E-state index in [1.54, 1.807) is 35.9 Å². The summed E-state index contributed by atoms with van der Waals surface area (Å²) in [6, 6.07) is 16.4. The molecule has 1 N–H and O–H groups in total. The summed E-state index contributed by atoms with van der Waals surface area (Å²) in [6.07, 6.45) is 0. The second kappa shape index (κ2) is 5.85. The third kappa shape index (κ3) is 2.62. The lowest BCUT2D eigenvalue weighted by molar-refractivity contribution is 0.102. The van der Waals surface area contributed by atoms with Crippen molar-refractivity contribution in [2.24, 2.45) is 7.05 Å². The van der Waals surface area contributed by atoms with E-state index in [1.807, 2.05) is 31.3 Å². The van der Waals surface area contributed by atoms with Crippen molar-refractivity contribution in [3.8, 4) is 11.8 Å². The number of anilines is 1. The summed E-state index contributed by atoms with van der Waals surface area (Å²) in [5.74, 6) is 0.483. The number of nitrogens with one attached hydrogen (secondary N) is 1. The summed E-state index contributed by atoms with van der Waals surface area (Å²) in [5, 5.41) is 12.7. The standard InChI is InChI=1S/C18H15N3O2/c1-21-15(10-13-6-4-8-16(23-2)17(13)21)18(22)20-14-7-3-5-12(9-14)11-19/h3-10H,1-2H3,(H,20,22). The van der Waals surface area contributed by atoms with E-state index in [-0.39, 0.29) is 5.91 Å². The van der Waals surface area contributed by atoms with Crippen LogP contribution in [0.5, 0.6) is 5.75 Å². The van der Waals surface area contributed by atoms with Crippen LogP contribution in [0.2, 0.25) is 0 Å². The van der Waals surface area contributed by atoms with Crippen molar-refractivity contribution in [2.75, 3.05) is 12.4 Å². The van der Waals surface area contributed by atoms with E-state index < -0.39 is 0 Å². The molecule has 0 aliphatic heterocycles. The number of nitriles is 1. The zero-order chi connectivity index (χ0) is 16.4. The number of benzene rings is 2. The fraction of sp³-hybridized carbons (Fsp3) is 0.111. The maximum Gasteiger partial charge on any atom is 0.272 e. The zero-order valence-corrected chi connectivity index (χ0v) is 12.8. The summed E-state index contributed by atoms with van der Waals surface area (Å²) in [5.41, 5.74) is 2.48. The van der Waals surface area contributed by atoms with E-state index >= 15 is 0 Å². The maximum absolute atomic E-state index is 12.5. The number of carbonyl (C=O) groups excluding carboxylic acids is 1. The molecule has 1 aromatic heterocycles. The van der Waals surface area contributed by atoms with Gasteiger partial charge in [-0.05, 0) is 30.3 Å². The Morgan fingerprint density at radius 2 is 2.00 bits per heavy atom. The largest absolute Gasteiger partial charge is 0.495 e. The molecule has 3 rings (SSSR count). The van der Waals surface area contributed by atoms with Gasteiger partial charge < -0.3 is 14.6 Å². The first-order chi connectivity index (χ1) is 11.1. The quantitative estimate of drug-likeness (QED) is 0.807. The predicted molar refractivity (Wildman–Crippen MR) is 88.6 cm³/mol. The van der Waals surface area contributed by atoms with Gasteiger partial charge in [0, 0.05) is 18.1 Å². The van der Waals surface area contributed by atoms with Gasteiger partial charge in [-0.1, -0.05) is 18.2 Å². The molecule has 0 aliphatic rings. The number of carbonyl (C=O) groups is 1. The Morgan fingerprint density at radius 1 is 1.22 bits per heavy atom. The van der Waals surface area contributed by atoms with Gasteiger partial charge in [0.1, 0.15) is 11.4 Å². The minimum absolute atomic E-state index is 0.235. The molecule has 3 aromatic rings. The van der Waals surface area contributed by atoms with Crippen LogP contribution in [0, 0.1) is 11.3 Å². The fourth-order valence-electron chi connectivity index (χ4n) is 2.62. The van der Waals surface area contributed by atoms with Crippen molar-refractivity contribution >= 4 is 22.5 Å². The van der Waals surface area contributed by atoms with E-state index in [2.05, 4.69) is 11.4 Å². The zero-order valence-electron chi connectivity index (χ0n) is 12.8. The number of ether oxygens (including phenoxy) is 1. The molecular weight excluding hydrogens is 290 g/mol. The van der Waals surface area contributed by atoms with Crippen LogP contribution in [-0.4, -0.2) is 17.6 Å². The molecule has 5 heteroatoms. The minimum atomic E-state index is -0.235. The molecule has 5 nitrogen and oxygen atoms in total. The van der Waals surface area contributed by atoms with Gasteiger partial charge in [-0.15, -0.1) is 0 Å². The highest BCUT2D eigenvalue weighted by atomic mass is 16.5. The summed E-state index contributed by atoms with van der Waals surface area (Å²) >= 11 is 0. The molecule has 1 heterocycles. The van der Waals surface area contributed by atoms with Crippen LogP contribution in [0.15, 0.2) is 48.5 Å². The van der Waals surface area contributed by atoms with Crippen molar-refractivity contribution < 1.29 is 9.53 Å². The lowest BCUT2D eigenvalue weighted by atomic mass is 10.2. The lowest BCUT2D eigenvalue weighted by Gasteiger charge is -2.08. The number of fused-ring (bicyclic) bond motifs is 1. The first-order valence-electron chi connectivity index (χ1n) is 7.08. The molecule has 0 aliphatic carbocycles. The molecule has 0 spiro atoms. The molecule has 0 saturated carbocycles. The number of hydrogen-bond donors (Lipinski definition) is 1. The summed E-state index contributed by atoms with van der Waals surface area (Å²) in [7, 11) is 3.43. The third-order valence-electron chi connectivity index (χ3n) is 3.72. The molecule has 0 fully saturated rings. The van der Waals surface area contributed by atoms with Crippen LogP contribution in [-0.2, 0) is 7.05 Å². The average Bonchev–Trinajstić information content (AvgIpc) is 2.92. The lowest BCUT2D eigenvalue weighted by Crippen LogP contribution is -2.15. The molecule has 1 amide bonds. The summed E-state index contributed by atoms with van der Waals surface area (Å²) in [6.45, 7) is 0. The van der Waals surface area contributed by atoms with Crippen LogP contribution in [0.4, 0.5) is 5.69 Å². The van der Waals surface area contributed by atoms with E-state index in [0.29, 0.717) is 16.9 Å². The van der Waals surface area contributed by atoms with Crippen molar-refractivity contribution in [3.63, 3.8) is 0 Å². The molecular formula is C18H15N3O2. The number of rotatable bonds is 3. The van der Waals surface area contributed by atoms with Gasteiger partial charge >= 0.3 is 0 Å². The molecule has 0 unspecified atom stereocenters. The van der Waals surface area contributed by atoms with Gasteiger partial charge in [0.15, 0.2) is 0 Å². The number of hydrogen-bond acceptors (Lipinski definition) is 3. The van der Waals surface area contributed by atoms with Gasteiger partial charge in [0.25, 0.3) is 5.91 Å². The SMILES string of the molecule is COc1cccc2cc(C(=O)Nc3cccc(C#N)c3)n(C)c12. The predicted octanol–water partition coefficient (Wildman–Crippen LogP) is 3.31. The Kier molecular flexibility index (Phi) is 3.73. The second-order valence-corrected chi connectivity index (χ2v) is 5.13. The Labute approximate surface area is 133 Å². The topological polar surface area (TPSA) is 67.0 Å². The third-order valence-corrected chi connectivity index (χ3v) is 3.72. The molecule has 0 saturated heterocycles.